The van der Waals surface area contributed by atoms with Crippen molar-refractivity contribution in [3.63, 3.8) is 0 Å². The highest BCUT2D eigenvalue weighted by atomic mass is 32.2. The summed E-state index contributed by atoms with van der Waals surface area (Å²) < 4.78 is 9.76. The summed E-state index contributed by atoms with van der Waals surface area (Å²) in [6.07, 6.45) is 0. The fraction of sp³-hybridized carbons (Fsp3) is 0.417. The minimum Gasteiger partial charge on any atom is -0.497 e. The van der Waals surface area contributed by atoms with E-state index in [4.69, 9.17) is 10.5 Å². The molecule has 0 aliphatic carbocycles. The van der Waals surface area contributed by atoms with E-state index < -0.39 is 0 Å². The molecule has 5 heteroatoms. The molecule has 17 heavy (non-hydrogen) atoms. The van der Waals surface area contributed by atoms with Crippen molar-refractivity contribution in [2.24, 2.45) is 5.73 Å². The van der Waals surface area contributed by atoms with Gasteiger partial charge in [0.05, 0.1) is 20.0 Å². The molecule has 1 aromatic rings. The first-order valence-corrected chi connectivity index (χ1v) is 6.28. The SMILES string of the molecule is COC(=O)CSC(CN)c1cccc(OC)c1. The van der Waals surface area contributed by atoms with E-state index in [0.717, 1.165) is 11.3 Å². The van der Waals surface area contributed by atoms with Crippen molar-refractivity contribution in [1.29, 1.82) is 0 Å². The number of rotatable bonds is 6. The van der Waals surface area contributed by atoms with Gasteiger partial charge in [-0.1, -0.05) is 12.1 Å². The van der Waals surface area contributed by atoms with Crippen molar-refractivity contribution in [1.82, 2.24) is 0 Å². The first-order valence-electron chi connectivity index (χ1n) is 5.23. The number of thioether (sulfide) groups is 1. The van der Waals surface area contributed by atoms with E-state index in [1.54, 1.807) is 7.11 Å². The Kier molecular flexibility index (Phi) is 5.86. The van der Waals surface area contributed by atoms with Gasteiger partial charge in [-0.2, -0.15) is 0 Å². The molecular weight excluding hydrogens is 238 g/mol. The molecule has 0 heterocycles. The molecule has 0 saturated heterocycles. The Bertz CT molecular complexity index is 371. The van der Waals surface area contributed by atoms with Crippen LogP contribution in [-0.2, 0) is 9.53 Å². The number of esters is 1. The molecule has 0 aliphatic rings. The van der Waals surface area contributed by atoms with Crippen molar-refractivity contribution in [2.75, 3.05) is 26.5 Å². The molecule has 0 radical (unpaired) electrons. The molecule has 4 nitrogen and oxygen atoms in total. The van der Waals surface area contributed by atoms with Gasteiger partial charge >= 0.3 is 5.97 Å². The molecule has 0 saturated carbocycles. The number of nitrogens with two attached hydrogens (primary N) is 1. The minimum absolute atomic E-state index is 0.0733. The maximum Gasteiger partial charge on any atom is 0.315 e. The van der Waals surface area contributed by atoms with Crippen molar-refractivity contribution in [2.45, 2.75) is 5.25 Å². The third kappa shape index (κ3) is 4.28. The average Bonchev–Trinajstić information content (AvgIpc) is 2.39. The standard InChI is InChI=1S/C12H17NO3S/c1-15-10-5-3-4-9(6-10)11(7-13)17-8-12(14)16-2/h3-6,11H,7-8,13H2,1-2H3. The fourth-order valence-corrected chi connectivity index (χ4v) is 2.30. The smallest absolute Gasteiger partial charge is 0.315 e. The molecule has 1 aromatic carbocycles. The van der Waals surface area contributed by atoms with Crippen LogP contribution in [0.25, 0.3) is 0 Å². The van der Waals surface area contributed by atoms with E-state index in [1.807, 2.05) is 24.3 Å². The van der Waals surface area contributed by atoms with Crippen LogP contribution in [0.3, 0.4) is 0 Å². The zero-order valence-electron chi connectivity index (χ0n) is 10.0. The normalized spacial score (nSPS) is 11.9. The molecule has 0 amide bonds. The Balaban J connectivity index is 2.68. The van der Waals surface area contributed by atoms with E-state index in [1.165, 1.54) is 18.9 Å². The summed E-state index contributed by atoms with van der Waals surface area (Å²) in [6, 6.07) is 7.70. The predicted octanol–water partition coefficient (Wildman–Crippen LogP) is 1.60. The van der Waals surface area contributed by atoms with Gasteiger partial charge in [-0.25, -0.2) is 0 Å². The molecule has 1 unspecified atom stereocenters. The van der Waals surface area contributed by atoms with Crippen molar-refractivity contribution in [3.8, 4) is 5.75 Å². The third-order valence-electron chi connectivity index (χ3n) is 2.31. The molecule has 94 valence electrons. The van der Waals surface area contributed by atoms with Crippen LogP contribution in [0.2, 0.25) is 0 Å². The van der Waals surface area contributed by atoms with Gasteiger partial charge in [-0.15, -0.1) is 11.8 Å². The second-order valence-corrected chi connectivity index (χ2v) is 4.58. The van der Waals surface area contributed by atoms with E-state index >= 15 is 0 Å². The second-order valence-electron chi connectivity index (χ2n) is 3.39. The number of methoxy groups -OCH3 is 2. The van der Waals surface area contributed by atoms with Gasteiger partial charge in [0, 0.05) is 11.8 Å². The summed E-state index contributed by atoms with van der Waals surface area (Å²) in [5.74, 6) is 0.853. The van der Waals surface area contributed by atoms with Crippen LogP contribution in [-0.4, -0.2) is 32.5 Å². The van der Waals surface area contributed by atoms with Crippen molar-refractivity contribution in [3.05, 3.63) is 29.8 Å². The number of hydrogen-bond donors (Lipinski definition) is 1. The number of carbonyl (C=O) groups excluding carboxylic acids is 1. The molecule has 0 aliphatic heterocycles. The highest BCUT2D eigenvalue weighted by Gasteiger charge is 2.13. The quantitative estimate of drug-likeness (QED) is 0.782. The number of hydrogen-bond acceptors (Lipinski definition) is 5. The number of carbonyl (C=O) groups is 1. The summed E-state index contributed by atoms with van der Waals surface area (Å²) in [7, 11) is 3.00. The lowest BCUT2D eigenvalue weighted by atomic mass is 10.1. The van der Waals surface area contributed by atoms with Gasteiger partial charge in [-0.05, 0) is 17.7 Å². The number of ether oxygens (including phenoxy) is 2. The maximum absolute atomic E-state index is 11.1. The van der Waals surface area contributed by atoms with Crippen molar-refractivity contribution < 1.29 is 14.3 Å². The summed E-state index contributed by atoms with van der Waals surface area (Å²) in [6.45, 7) is 0.467. The zero-order valence-corrected chi connectivity index (χ0v) is 10.8. The van der Waals surface area contributed by atoms with Gasteiger partial charge in [0.1, 0.15) is 5.75 Å². The zero-order chi connectivity index (χ0) is 12.7. The third-order valence-corrected chi connectivity index (χ3v) is 3.58. The van der Waals surface area contributed by atoms with Gasteiger partial charge in [0.15, 0.2) is 0 Å². The minimum atomic E-state index is -0.239. The largest absolute Gasteiger partial charge is 0.497 e. The summed E-state index contributed by atoms with van der Waals surface area (Å²) in [4.78, 5) is 11.1. The molecule has 2 N–H and O–H groups in total. The molecule has 0 bridgehead atoms. The lowest BCUT2D eigenvalue weighted by Crippen LogP contribution is -2.13. The van der Waals surface area contributed by atoms with Crippen LogP contribution in [0.5, 0.6) is 5.75 Å². The fourth-order valence-electron chi connectivity index (χ4n) is 1.37. The van der Waals surface area contributed by atoms with Gasteiger partial charge in [-0.3, -0.25) is 4.79 Å². The molecule has 0 aromatic heterocycles. The topological polar surface area (TPSA) is 61.5 Å². The Hall–Kier alpha value is -1.20. The van der Waals surface area contributed by atoms with Crippen LogP contribution in [0.1, 0.15) is 10.8 Å². The van der Waals surface area contributed by atoms with Gasteiger partial charge in [0.2, 0.25) is 0 Å². The second kappa shape index (κ2) is 7.19. The molecule has 1 atom stereocenters. The van der Waals surface area contributed by atoms with Crippen LogP contribution in [0, 0.1) is 0 Å². The Morgan fingerprint density at radius 2 is 2.24 bits per heavy atom. The molecule has 0 fully saturated rings. The van der Waals surface area contributed by atoms with Crippen LogP contribution < -0.4 is 10.5 Å². The van der Waals surface area contributed by atoms with Gasteiger partial charge < -0.3 is 15.2 Å². The summed E-state index contributed by atoms with van der Waals surface area (Å²) in [5.41, 5.74) is 6.77. The Labute approximate surface area is 105 Å². The predicted molar refractivity (Wildman–Crippen MR) is 69.3 cm³/mol. The highest BCUT2D eigenvalue weighted by molar-refractivity contribution is 8.00. The van der Waals surface area contributed by atoms with E-state index in [2.05, 4.69) is 4.74 Å². The lowest BCUT2D eigenvalue weighted by molar-refractivity contribution is -0.137. The Morgan fingerprint density at radius 1 is 1.47 bits per heavy atom. The first kappa shape index (κ1) is 13.9. The average molecular weight is 255 g/mol. The van der Waals surface area contributed by atoms with E-state index in [0.29, 0.717) is 12.3 Å². The van der Waals surface area contributed by atoms with Crippen LogP contribution in [0.4, 0.5) is 0 Å². The summed E-state index contributed by atoms with van der Waals surface area (Å²) >= 11 is 1.47. The Morgan fingerprint density at radius 3 is 2.82 bits per heavy atom. The van der Waals surface area contributed by atoms with Gasteiger partial charge in [0.25, 0.3) is 0 Å². The monoisotopic (exact) mass is 255 g/mol. The molecule has 0 spiro atoms. The van der Waals surface area contributed by atoms with E-state index in [9.17, 15) is 4.79 Å². The molecular formula is C12H17NO3S. The van der Waals surface area contributed by atoms with Crippen LogP contribution in [0.15, 0.2) is 24.3 Å². The summed E-state index contributed by atoms with van der Waals surface area (Å²) in [5, 5.41) is 0.0733. The lowest BCUT2D eigenvalue weighted by Gasteiger charge is -2.14. The number of benzene rings is 1. The highest BCUT2D eigenvalue weighted by Crippen LogP contribution is 2.29. The first-order chi connectivity index (χ1) is 8.21. The van der Waals surface area contributed by atoms with E-state index in [-0.39, 0.29) is 11.2 Å². The maximum atomic E-state index is 11.1. The molecule has 1 rings (SSSR count). The van der Waals surface area contributed by atoms with Crippen LogP contribution >= 0.6 is 11.8 Å². The van der Waals surface area contributed by atoms with Crippen molar-refractivity contribution >= 4 is 17.7 Å².